The molecule has 1 fully saturated rings. The van der Waals surface area contributed by atoms with Crippen molar-refractivity contribution in [1.82, 2.24) is 15.5 Å². The summed E-state index contributed by atoms with van der Waals surface area (Å²) in [4.78, 5) is 40.4. The zero-order valence-electron chi connectivity index (χ0n) is 19.4. The number of hydrogen-bond acceptors (Lipinski definition) is 3. The molecule has 3 amide bonds. The summed E-state index contributed by atoms with van der Waals surface area (Å²) in [6.07, 6.45) is 1.91. The van der Waals surface area contributed by atoms with E-state index >= 15 is 0 Å². The zero-order chi connectivity index (χ0) is 24.0. The molecule has 0 bridgehead atoms. The van der Waals surface area contributed by atoms with Crippen LogP contribution in [0.1, 0.15) is 59.4 Å². The largest absolute Gasteiger partial charge is 0.352 e. The van der Waals surface area contributed by atoms with Crippen molar-refractivity contribution in [2.24, 2.45) is 5.92 Å². The number of nitrogens with one attached hydrogen (secondary N) is 2. The first-order chi connectivity index (χ1) is 15.8. The zero-order valence-corrected chi connectivity index (χ0v) is 19.4. The minimum Gasteiger partial charge on any atom is -0.352 e. The van der Waals surface area contributed by atoms with E-state index in [2.05, 4.69) is 10.6 Å². The Bertz CT molecular complexity index is 1000. The van der Waals surface area contributed by atoms with Crippen LogP contribution in [0.25, 0.3) is 0 Å². The maximum atomic E-state index is 13.5. The molecule has 6 nitrogen and oxygen atoms in total. The summed E-state index contributed by atoms with van der Waals surface area (Å²) in [6.45, 7) is 6.70. The van der Waals surface area contributed by atoms with Crippen LogP contribution in [-0.4, -0.2) is 47.8 Å². The maximum absolute atomic E-state index is 13.5. The molecule has 1 saturated heterocycles. The summed E-state index contributed by atoms with van der Waals surface area (Å²) < 4.78 is 13.5. The summed E-state index contributed by atoms with van der Waals surface area (Å²) in [6, 6.07) is 12.2. The first kappa shape index (κ1) is 24.4. The number of nitrogens with zero attached hydrogens (tertiary/aromatic N) is 1. The Kier molecular flexibility index (Phi) is 8.20. The summed E-state index contributed by atoms with van der Waals surface area (Å²) in [5.74, 6) is -1.28. The summed E-state index contributed by atoms with van der Waals surface area (Å²) in [5.41, 5.74) is 1.79. The highest BCUT2D eigenvalue weighted by Crippen LogP contribution is 2.23. The Morgan fingerprint density at radius 3 is 2.33 bits per heavy atom. The molecule has 0 spiro atoms. The van der Waals surface area contributed by atoms with E-state index in [9.17, 15) is 18.8 Å². The minimum atomic E-state index is -0.696. The Hall–Kier alpha value is -3.22. The van der Waals surface area contributed by atoms with Crippen molar-refractivity contribution in [1.29, 1.82) is 0 Å². The number of carbonyl (C=O) groups is 3. The molecular formula is C26H32FN3O3. The number of hydrogen-bond donors (Lipinski definition) is 2. The molecule has 1 aliphatic rings. The van der Waals surface area contributed by atoms with Crippen LogP contribution in [0.5, 0.6) is 0 Å². The summed E-state index contributed by atoms with van der Waals surface area (Å²) >= 11 is 0. The van der Waals surface area contributed by atoms with Crippen molar-refractivity contribution in [3.05, 3.63) is 71.0 Å². The second-order valence-electron chi connectivity index (χ2n) is 8.78. The molecule has 2 aromatic carbocycles. The van der Waals surface area contributed by atoms with Gasteiger partial charge in [0.15, 0.2) is 0 Å². The van der Waals surface area contributed by atoms with Crippen molar-refractivity contribution < 1.29 is 18.8 Å². The molecule has 1 aliphatic heterocycles. The molecule has 1 heterocycles. The summed E-state index contributed by atoms with van der Waals surface area (Å²) in [5, 5.41) is 5.92. The maximum Gasteiger partial charge on any atom is 0.253 e. The van der Waals surface area contributed by atoms with Gasteiger partial charge in [0.25, 0.3) is 11.8 Å². The van der Waals surface area contributed by atoms with Gasteiger partial charge in [-0.15, -0.1) is 0 Å². The van der Waals surface area contributed by atoms with Gasteiger partial charge < -0.3 is 15.5 Å². The Morgan fingerprint density at radius 2 is 1.70 bits per heavy atom. The molecule has 2 N–H and O–H groups in total. The van der Waals surface area contributed by atoms with Crippen LogP contribution in [0, 0.1) is 18.7 Å². The summed E-state index contributed by atoms with van der Waals surface area (Å²) in [7, 11) is 0. The second kappa shape index (κ2) is 11.1. The van der Waals surface area contributed by atoms with Crippen molar-refractivity contribution in [3.63, 3.8) is 0 Å². The number of rotatable bonds is 7. The average Bonchev–Trinajstić information content (AvgIpc) is 2.81. The fourth-order valence-electron chi connectivity index (χ4n) is 4.08. The van der Waals surface area contributed by atoms with Crippen LogP contribution < -0.4 is 10.6 Å². The second-order valence-corrected chi connectivity index (χ2v) is 8.78. The van der Waals surface area contributed by atoms with E-state index in [1.807, 2.05) is 32.9 Å². The van der Waals surface area contributed by atoms with Gasteiger partial charge in [0.1, 0.15) is 11.9 Å². The highest BCUT2D eigenvalue weighted by atomic mass is 19.1. The van der Waals surface area contributed by atoms with Crippen LogP contribution in [-0.2, 0) is 4.79 Å². The number of likely N-dealkylation sites (tertiary alicyclic amines) is 1. The van der Waals surface area contributed by atoms with E-state index in [4.69, 9.17) is 0 Å². The molecule has 0 aromatic heterocycles. The van der Waals surface area contributed by atoms with Crippen LogP contribution in [0.4, 0.5) is 4.39 Å². The number of amides is 3. The highest BCUT2D eigenvalue weighted by molar-refractivity contribution is 5.98. The third-order valence-electron chi connectivity index (χ3n) is 6.22. The Labute approximate surface area is 194 Å². The van der Waals surface area contributed by atoms with Crippen molar-refractivity contribution >= 4 is 17.7 Å². The van der Waals surface area contributed by atoms with Crippen molar-refractivity contribution in [3.8, 4) is 0 Å². The van der Waals surface area contributed by atoms with E-state index in [0.29, 0.717) is 37.1 Å². The van der Waals surface area contributed by atoms with E-state index in [1.165, 1.54) is 18.2 Å². The van der Waals surface area contributed by atoms with E-state index in [-0.39, 0.29) is 29.7 Å². The lowest BCUT2D eigenvalue weighted by Gasteiger charge is -2.36. The SMILES string of the molecule is CCC(C)NC(=O)C(NC(=O)c1cccc(C)c1)C1CCN(C(=O)c2cccc(F)c2)CC1. The van der Waals surface area contributed by atoms with Gasteiger partial charge in [-0.3, -0.25) is 14.4 Å². The standard InChI is InChI=1S/C26H32FN3O3/c1-4-18(3)28-25(32)23(29-24(31)20-8-5-7-17(2)15-20)19-11-13-30(14-12-19)26(33)21-9-6-10-22(27)16-21/h5-10,15-16,18-19,23H,4,11-14H2,1-3H3,(H,28,32)(H,29,31). The lowest BCUT2D eigenvalue weighted by molar-refractivity contribution is -0.125. The fraction of sp³-hybridized carbons (Fsp3) is 0.423. The van der Waals surface area contributed by atoms with Gasteiger partial charge >= 0.3 is 0 Å². The Balaban J connectivity index is 1.71. The molecular weight excluding hydrogens is 421 g/mol. The number of benzene rings is 2. The quantitative estimate of drug-likeness (QED) is 0.671. The number of piperidine rings is 1. The van der Waals surface area contributed by atoms with E-state index < -0.39 is 11.9 Å². The number of carbonyl (C=O) groups excluding carboxylic acids is 3. The molecule has 2 atom stereocenters. The fourth-order valence-corrected chi connectivity index (χ4v) is 4.08. The molecule has 33 heavy (non-hydrogen) atoms. The molecule has 0 aliphatic carbocycles. The molecule has 7 heteroatoms. The third kappa shape index (κ3) is 6.40. The average molecular weight is 454 g/mol. The van der Waals surface area contributed by atoms with Crippen molar-refractivity contribution in [2.75, 3.05) is 13.1 Å². The van der Waals surface area contributed by atoms with Crippen LogP contribution in [0.3, 0.4) is 0 Å². The molecule has 0 radical (unpaired) electrons. The molecule has 2 aromatic rings. The van der Waals surface area contributed by atoms with Gasteiger partial charge in [0.05, 0.1) is 0 Å². The molecule has 3 rings (SSSR count). The topological polar surface area (TPSA) is 78.5 Å². The molecule has 0 saturated carbocycles. The molecule has 2 unspecified atom stereocenters. The van der Waals surface area contributed by atoms with E-state index in [0.717, 1.165) is 12.0 Å². The third-order valence-corrected chi connectivity index (χ3v) is 6.22. The number of aryl methyl sites for hydroxylation is 1. The van der Waals surface area contributed by atoms with Gasteiger partial charge in [-0.05, 0) is 69.4 Å². The predicted molar refractivity (Wildman–Crippen MR) is 125 cm³/mol. The van der Waals surface area contributed by atoms with Gasteiger partial charge in [-0.25, -0.2) is 4.39 Å². The highest BCUT2D eigenvalue weighted by Gasteiger charge is 2.34. The first-order valence-electron chi connectivity index (χ1n) is 11.5. The van der Waals surface area contributed by atoms with Crippen LogP contribution in [0.15, 0.2) is 48.5 Å². The van der Waals surface area contributed by atoms with Gasteiger partial charge in [0.2, 0.25) is 5.91 Å². The van der Waals surface area contributed by atoms with Gasteiger partial charge in [-0.1, -0.05) is 30.7 Å². The van der Waals surface area contributed by atoms with E-state index in [1.54, 1.807) is 23.1 Å². The van der Waals surface area contributed by atoms with Crippen LogP contribution in [0.2, 0.25) is 0 Å². The predicted octanol–water partition coefficient (Wildman–Crippen LogP) is 3.70. The van der Waals surface area contributed by atoms with Gasteiger partial charge in [0, 0.05) is 30.3 Å². The van der Waals surface area contributed by atoms with Crippen molar-refractivity contribution in [2.45, 2.75) is 52.1 Å². The monoisotopic (exact) mass is 453 g/mol. The van der Waals surface area contributed by atoms with Gasteiger partial charge in [-0.2, -0.15) is 0 Å². The molecule has 176 valence electrons. The lowest BCUT2D eigenvalue weighted by atomic mass is 9.88. The lowest BCUT2D eigenvalue weighted by Crippen LogP contribution is -2.55. The first-order valence-corrected chi connectivity index (χ1v) is 11.5. The normalized spacial score (nSPS) is 16.1. The number of halogens is 1. The Morgan fingerprint density at radius 1 is 1.03 bits per heavy atom. The minimum absolute atomic E-state index is 0.00878. The van der Waals surface area contributed by atoms with Crippen LogP contribution >= 0.6 is 0 Å². The smallest absolute Gasteiger partial charge is 0.253 e.